The van der Waals surface area contributed by atoms with Gasteiger partial charge >= 0.3 is 5.76 Å². The van der Waals surface area contributed by atoms with Gasteiger partial charge in [-0.15, -0.1) is 0 Å². The van der Waals surface area contributed by atoms with Crippen LogP contribution in [0.15, 0.2) is 51.7 Å². The van der Waals surface area contributed by atoms with Gasteiger partial charge in [0.2, 0.25) is 0 Å². The average Bonchev–Trinajstić information content (AvgIpc) is 3.08. The van der Waals surface area contributed by atoms with Crippen LogP contribution in [0.4, 0.5) is 4.39 Å². The zero-order valence-electron chi connectivity index (χ0n) is 16.3. The molecule has 148 valence electrons. The molecular weight excluding hydrogens is 355 g/mol. The van der Waals surface area contributed by atoms with Crippen molar-refractivity contribution in [2.24, 2.45) is 5.92 Å². The Hall–Kier alpha value is -2.40. The zero-order valence-corrected chi connectivity index (χ0v) is 16.3. The van der Waals surface area contributed by atoms with E-state index in [9.17, 15) is 9.18 Å². The summed E-state index contributed by atoms with van der Waals surface area (Å²) in [7, 11) is 0. The fourth-order valence-corrected chi connectivity index (χ4v) is 4.18. The molecule has 2 heterocycles. The quantitative estimate of drug-likeness (QED) is 0.672. The minimum atomic E-state index is -0.400. The number of hydrogen-bond acceptors (Lipinski definition) is 3. The van der Waals surface area contributed by atoms with E-state index < -0.39 is 5.76 Å². The minimum Gasteiger partial charge on any atom is -0.408 e. The summed E-state index contributed by atoms with van der Waals surface area (Å²) in [5, 5.41) is 0. The van der Waals surface area contributed by atoms with Crippen LogP contribution < -0.4 is 5.76 Å². The molecule has 1 atom stereocenters. The number of rotatable bonds is 6. The SMILES string of the molecule is CC(CCN1CCC(Cc2ccc(F)cc2)CC1)c1ccc2[nH]c(=O)oc2c1. The number of halogens is 1. The van der Waals surface area contributed by atoms with Crippen LogP contribution in [0, 0.1) is 11.7 Å². The largest absolute Gasteiger partial charge is 0.417 e. The lowest BCUT2D eigenvalue weighted by Crippen LogP contribution is -2.35. The second-order valence-corrected chi connectivity index (χ2v) is 8.08. The van der Waals surface area contributed by atoms with E-state index >= 15 is 0 Å². The van der Waals surface area contributed by atoms with Crippen LogP contribution in [-0.2, 0) is 6.42 Å². The maximum absolute atomic E-state index is 13.0. The molecule has 4 rings (SSSR count). The van der Waals surface area contributed by atoms with E-state index in [1.54, 1.807) is 12.1 Å². The monoisotopic (exact) mass is 382 g/mol. The van der Waals surface area contributed by atoms with Crippen LogP contribution in [0.1, 0.15) is 43.2 Å². The third kappa shape index (κ3) is 4.53. The molecule has 2 aromatic carbocycles. The molecule has 1 saturated heterocycles. The number of hydrogen-bond donors (Lipinski definition) is 1. The molecule has 1 aromatic heterocycles. The van der Waals surface area contributed by atoms with Crippen molar-refractivity contribution in [3.8, 4) is 0 Å². The van der Waals surface area contributed by atoms with Crippen molar-refractivity contribution in [1.82, 2.24) is 9.88 Å². The van der Waals surface area contributed by atoms with Gasteiger partial charge in [-0.1, -0.05) is 25.1 Å². The fraction of sp³-hybridized carbons (Fsp3) is 0.435. The molecule has 0 spiro atoms. The smallest absolute Gasteiger partial charge is 0.408 e. The maximum atomic E-state index is 13.0. The molecule has 0 bridgehead atoms. The Balaban J connectivity index is 1.25. The van der Waals surface area contributed by atoms with Crippen molar-refractivity contribution in [3.05, 3.63) is 70.0 Å². The lowest BCUT2D eigenvalue weighted by Gasteiger charge is -2.32. The molecule has 0 saturated carbocycles. The van der Waals surface area contributed by atoms with E-state index in [-0.39, 0.29) is 5.82 Å². The highest BCUT2D eigenvalue weighted by Gasteiger charge is 2.20. The Bertz CT molecular complexity index is 968. The van der Waals surface area contributed by atoms with E-state index in [0.717, 1.165) is 38.0 Å². The van der Waals surface area contributed by atoms with Gasteiger partial charge in [-0.3, -0.25) is 4.98 Å². The molecule has 1 aliphatic rings. The van der Waals surface area contributed by atoms with E-state index in [1.165, 1.54) is 24.0 Å². The van der Waals surface area contributed by atoms with Gasteiger partial charge in [-0.05, 0) is 92.5 Å². The van der Waals surface area contributed by atoms with Crippen molar-refractivity contribution in [2.45, 2.75) is 38.5 Å². The third-order valence-electron chi connectivity index (χ3n) is 6.04. The summed E-state index contributed by atoms with van der Waals surface area (Å²) >= 11 is 0. The van der Waals surface area contributed by atoms with E-state index in [1.807, 2.05) is 24.3 Å². The number of H-pyrrole nitrogens is 1. The first-order valence-corrected chi connectivity index (χ1v) is 10.2. The molecule has 1 unspecified atom stereocenters. The van der Waals surface area contributed by atoms with Crippen LogP contribution in [0.3, 0.4) is 0 Å². The first-order valence-electron chi connectivity index (χ1n) is 10.2. The number of aromatic amines is 1. The molecule has 0 aliphatic carbocycles. The zero-order chi connectivity index (χ0) is 19.5. The summed E-state index contributed by atoms with van der Waals surface area (Å²) in [5.74, 6) is 0.549. The van der Waals surface area contributed by atoms with E-state index in [0.29, 0.717) is 17.4 Å². The number of benzene rings is 2. The van der Waals surface area contributed by atoms with Crippen LogP contribution in [-0.4, -0.2) is 29.5 Å². The predicted molar refractivity (Wildman–Crippen MR) is 109 cm³/mol. The van der Waals surface area contributed by atoms with Crippen molar-refractivity contribution < 1.29 is 8.81 Å². The van der Waals surface area contributed by atoms with E-state index in [4.69, 9.17) is 4.42 Å². The third-order valence-corrected chi connectivity index (χ3v) is 6.04. The molecule has 5 heteroatoms. The summed E-state index contributed by atoms with van der Waals surface area (Å²) in [4.78, 5) is 16.5. The van der Waals surface area contributed by atoms with Crippen molar-refractivity contribution in [3.63, 3.8) is 0 Å². The summed E-state index contributed by atoms with van der Waals surface area (Å²) in [6.07, 6.45) is 4.54. The molecule has 1 N–H and O–H groups in total. The molecular formula is C23H27FN2O2. The standard InChI is InChI=1S/C23H27FN2O2/c1-16(19-4-7-21-22(15-19)28-23(27)25-21)8-11-26-12-9-18(10-13-26)14-17-2-5-20(24)6-3-17/h2-7,15-16,18H,8-14H2,1H3,(H,25,27). The summed E-state index contributed by atoms with van der Waals surface area (Å²) in [6, 6.07) is 12.9. The van der Waals surface area contributed by atoms with Gasteiger partial charge in [-0.2, -0.15) is 0 Å². The van der Waals surface area contributed by atoms with Crippen molar-refractivity contribution in [2.75, 3.05) is 19.6 Å². The Morgan fingerprint density at radius 3 is 2.68 bits per heavy atom. The summed E-state index contributed by atoms with van der Waals surface area (Å²) < 4.78 is 18.2. The van der Waals surface area contributed by atoms with Gasteiger partial charge in [0.05, 0.1) is 5.52 Å². The van der Waals surface area contributed by atoms with Gasteiger partial charge in [0.25, 0.3) is 0 Å². The van der Waals surface area contributed by atoms with Crippen molar-refractivity contribution >= 4 is 11.1 Å². The molecule has 28 heavy (non-hydrogen) atoms. The number of likely N-dealkylation sites (tertiary alicyclic amines) is 1. The molecule has 1 aliphatic heterocycles. The van der Waals surface area contributed by atoms with Gasteiger partial charge in [0.1, 0.15) is 5.82 Å². The normalized spacial score (nSPS) is 17.2. The maximum Gasteiger partial charge on any atom is 0.417 e. The summed E-state index contributed by atoms with van der Waals surface area (Å²) in [5.41, 5.74) is 3.84. The van der Waals surface area contributed by atoms with Gasteiger partial charge in [-0.25, -0.2) is 9.18 Å². The summed E-state index contributed by atoms with van der Waals surface area (Å²) in [6.45, 7) is 5.57. The molecule has 1 fully saturated rings. The first kappa shape index (κ1) is 18.9. The first-order chi connectivity index (χ1) is 13.6. The Morgan fingerprint density at radius 1 is 1.18 bits per heavy atom. The average molecular weight is 382 g/mol. The fourth-order valence-electron chi connectivity index (χ4n) is 4.18. The Labute approximate surface area is 164 Å². The molecule has 0 amide bonds. The number of fused-ring (bicyclic) bond motifs is 1. The Kier molecular flexibility index (Phi) is 5.62. The number of oxazole rings is 1. The van der Waals surface area contributed by atoms with Crippen LogP contribution in [0.2, 0.25) is 0 Å². The number of nitrogens with one attached hydrogen (secondary N) is 1. The van der Waals surface area contributed by atoms with E-state index in [2.05, 4.69) is 22.9 Å². The van der Waals surface area contributed by atoms with Gasteiger partial charge < -0.3 is 9.32 Å². The highest BCUT2D eigenvalue weighted by atomic mass is 19.1. The predicted octanol–water partition coefficient (Wildman–Crippen LogP) is 4.71. The number of aromatic nitrogens is 1. The molecule has 0 radical (unpaired) electrons. The highest BCUT2D eigenvalue weighted by molar-refractivity contribution is 5.72. The highest BCUT2D eigenvalue weighted by Crippen LogP contribution is 2.25. The van der Waals surface area contributed by atoms with Crippen molar-refractivity contribution in [1.29, 1.82) is 0 Å². The second kappa shape index (κ2) is 8.31. The second-order valence-electron chi connectivity index (χ2n) is 8.08. The van der Waals surface area contributed by atoms with Crippen LogP contribution in [0.25, 0.3) is 11.1 Å². The number of nitrogens with zero attached hydrogens (tertiary/aromatic N) is 1. The van der Waals surface area contributed by atoms with Gasteiger partial charge in [0, 0.05) is 0 Å². The van der Waals surface area contributed by atoms with Crippen LogP contribution >= 0.6 is 0 Å². The Morgan fingerprint density at radius 2 is 1.93 bits per heavy atom. The molecule has 4 nitrogen and oxygen atoms in total. The lowest BCUT2D eigenvalue weighted by molar-refractivity contribution is 0.179. The topological polar surface area (TPSA) is 49.2 Å². The minimum absolute atomic E-state index is 0.162. The van der Waals surface area contributed by atoms with Gasteiger partial charge in [0.15, 0.2) is 5.58 Å². The lowest BCUT2D eigenvalue weighted by atomic mass is 9.89. The number of piperidine rings is 1. The molecule has 3 aromatic rings. The van der Waals surface area contributed by atoms with Crippen LogP contribution in [0.5, 0.6) is 0 Å².